The molecule has 0 bridgehead atoms. The van der Waals surface area contributed by atoms with Crippen molar-refractivity contribution < 1.29 is 9.53 Å². The molecule has 1 saturated carbocycles. The molecule has 108 valence electrons. The molecule has 4 nitrogen and oxygen atoms in total. The molecule has 1 aromatic carbocycles. The molecule has 1 aliphatic heterocycles. The summed E-state index contributed by atoms with van der Waals surface area (Å²) in [6, 6.07) is 8.57. The summed E-state index contributed by atoms with van der Waals surface area (Å²) < 4.78 is 5.13. The van der Waals surface area contributed by atoms with Gasteiger partial charge in [-0.15, -0.1) is 0 Å². The van der Waals surface area contributed by atoms with Crippen LogP contribution in [0.2, 0.25) is 0 Å². The number of rotatable bonds is 4. The quantitative estimate of drug-likeness (QED) is 0.835. The topological polar surface area (TPSA) is 32.8 Å². The van der Waals surface area contributed by atoms with Crippen LogP contribution in [0.15, 0.2) is 24.3 Å². The molecule has 1 heterocycles. The second-order valence-electron chi connectivity index (χ2n) is 5.67. The Bertz CT molecular complexity index is 460. The minimum absolute atomic E-state index is 0.241. The number of hydrogen-bond donors (Lipinski definition) is 0. The van der Waals surface area contributed by atoms with Gasteiger partial charge >= 0.3 is 0 Å². The van der Waals surface area contributed by atoms with Crippen molar-refractivity contribution in [3.63, 3.8) is 0 Å². The Morgan fingerprint density at radius 2 is 1.80 bits per heavy atom. The fourth-order valence-electron chi connectivity index (χ4n) is 2.81. The van der Waals surface area contributed by atoms with Gasteiger partial charge in [0.15, 0.2) is 0 Å². The van der Waals surface area contributed by atoms with Crippen molar-refractivity contribution in [2.24, 2.45) is 0 Å². The van der Waals surface area contributed by atoms with Gasteiger partial charge in [-0.25, -0.2) is 0 Å². The van der Waals surface area contributed by atoms with Gasteiger partial charge in [-0.2, -0.15) is 0 Å². The molecule has 2 aliphatic rings. The van der Waals surface area contributed by atoms with Gasteiger partial charge in [-0.05, 0) is 30.5 Å². The van der Waals surface area contributed by atoms with E-state index in [0.29, 0.717) is 6.42 Å². The van der Waals surface area contributed by atoms with E-state index in [4.69, 9.17) is 4.74 Å². The number of hydrogen-bond acceptors (Lipinski definition) is 3. The van der Waals surface area contributed by atoms with Crippen LogP contribution in [0.3, 0.4) is 0 Å². The zero-order valence-corrected chi connectivity index (χ0v) is 12.0. The zero-order chi connectivity index (χ0) is 13.9. The number of methoxy groups -OCH3 is 1. The van der Waals surface area contributed by atoms with Crippen molar-refractivity contribution in [2.75, 3.05) is 33.3 Å². The van der Waals surface area contributed by atoms with Crippen molar-refractivity contribution in [1.29, 1.82) is 0 Å². The summed E-state index contributed by atoms with van der Waals surface area (Å²) in [7, 11) is 1.65. The predicted octanol–water partition coefficient (Wildman–Crippen LogP) is 1.54. The second-order valence-corrected chi connectivity index (χ2v) is 5.67. The van der Waals surface area contributed by atoms with Gasteiger partial charge in [-0.1, -0.05) is 12.1 Å². The maximum Gasteiger partial charge on any atom is 0.227 e. The number of carbonyl (C=O) groups excluding carboxylic acids is 1. The summed E-state index contributed by atoms with van der Waals surface area (Å²) >= 11 is 0. The van der Waals surface area contributed by atoms with E-state index in [9.17, 15) is 4.79 Å². The minimum atomic E-state index is 0.241. The summed E-state index contributed by atoms with van der Waals surface area (Å²) in [6.07, 6.45) is 3.19. The van der Waals surface area contributed by atoms with Crippen molar-refractivity contribution in [1.82, 2.24) is 9.80 Å². The average molecular weight is 274 g/mol. The number of ether oxygens (including phenoxy) is 1. The lowest BCUT2D eigenvalue weighted by Gasteiger charge is -2.34. The smallest absolute Gasteiger partial charge is 0.227 e. The molecule has 0 aromatic heterocycles. The Morgan fingerprint density at radius 3 is 2.35 bits per heavy atom. The molecule has 0 atom stereocenters. The van der Waals surface area contributed by atoms with Crippen LogP contribution in [0.25, 0.3) is 0 Å². The molecule has 1 aromatic rings. The average Bonchev–Trinajstić information content (AvgIpc) is 3.33. The molecule has 1 saturated heterocycles. The summed E-state index contributed by atoms with van der Waals surface area (Å²) in [4.78, 5) is 16.8. The molecule has 3 rings (SSSR count). The third-order valence-electron chi connectivity index (χ3n) is 4.24. The standard InChI is InChI=1S/C16H22N2O2/c1-20-15-6-2-13(3-7-15)12-16(19)18-10-8-17(9-11-18)14-4-5-14/h2-3,6-7,14H,4-5,8-12H2,1H3. The normalized spacial score (nSPS) is 19.9. The van der Waals surface area contributed by atoms with Gasteiger partial charge in [-0.3, -0.25) is 9.69 Å². The highest BCUT2D eigenvalue weighted by molar-refractivity contribution is 5.79. The summed E-state index contributed by atoms with van der Waals surface area (Å²) in [5.74, 6) is 1.07. The van der Waals surface area contributed by atoms with E-state index >= 15 is 0 Å². The van der Waals surface area contributed by atoms with Gasteiger partial charge in [0.1, 0.15) is 5.75 Å². The second kappa shape index (κ2) is 5.83. The van der Waals surface area contributed by atoms with E-state index in [1.165, 1.54) is 12.8 Å². The van der Waals surface area contributed by atoms with Crippen molar-refractivity contribution in [3.05, 3.63) is 29.8 Å². The molecular formula is C16H22N2O2. The Hall–Kier alpha value is -1.55. The third kappa shape index (κ3) is 3.12. The highest BCUT2D eigenvalue weighted by atomic mass is 16.5. The van der Waals surface area contributed by atoms with E-state index in [1.54, 1.807) is 7.11 Å². The van der Waals surface area contributed by atoms with E-state index in [0.717, 1.165) is 43.5 Å². The fourth-order valence-corrected chi connectivity index (χ4v) is 2.81. The van der Waals surface area contributed by atoms with Crippen LogP contribution in [0.5, 0.6) is 5.75 Å². The monoisotopic (exact) mass is 274 g/mol. The zero-order valence-electron chi connectivity index (χ0n) is 12.0. The summed E-state index contributed by atoms with van der Waals surface area (Å²) in [6.45, 7) is 3.84. The van der Waals surface area contributed by atoms with Crippen LogP contribution in [-0.2, 0) is 11.2 Å². The van der Waals surface area contributed by atoms with Gasteiger partial charge in [0.05, 0.1) is 13.5 Å². The number of nitrogens with zero attached hydrogens (tertiary/aromatic N) is 2. The lowest BCUT2D eigenvalue weighted by molar-refractivity contribution is -0.132. The summed E-state index contributed by atoms with van der Waals surface area (Å²) in [5, 5.41) is 0. The fraction of sp³-hybridized carbons (Fsp3) is 0.562. The van der Waals surface area contributed by atoms with Gasteiger partial charge in [0.2, 0.25) is 5.91 Å². The Kier molecular flexibility index (Phi) is 3.92. The van der Waals surface area contributed by atoms with Crippen LogP contribution in [-0.4, -0.2) is 55.0 Å². The van der Waals surface area contributed by atoms with Gasteiger partial charge < -0.3 is 9.64 Å². The first-order chi connectivity index (χ1) is 9.76. The van der Waals surface area contributed by atoms with Crippen LogP contribution in [0.1, 0.15) is 18.4 Å². The van der Waals surface area contributed by atoms with Gasteiger partial charge in [0.25, 0.3) is 0 Å². The van der Waals surface area contributed by atoms with E-state index in [2.05, 4.69) is 4.90 Å². The van der Waals surface area contributed by atoms with E-state index in [-0.39, 0.29) is 5.91 Å². The highest BCUT2D eigenvalue weighted by Crippen LogP contribution is 2.27. The lowest BCUT2D eigenvalue weighted by atomic mass is 10.1. The first-order valence-electron chi connectivity index (χ1n) is 7.41. The molecule has 1 aliphatic carbocycles. The van der Waals surface area contributed by atoms with E-state index < -0.39 is 0 Å². The number of benzene rings is 1. The molecule has 20 heavy (non-hydrogen) atoms. The van der Waals surface area contributed by atoms with Crippen molar-refractivity contribution in [2.45, 2.75) is 25.3 Å². The Morgan fingerprint density at radius 1 is 1.15 bits per heavy atom. The van der Waals surface area contributed by atoms with Crippen molar-refractivity contribution in [3.8, 4) is 5.75 Å². The maximum atomic E-state index is 12.3. The minimum Gasteiger partial charge on any atom is -0.497 e. The molecule has 0 N–H and O–H groups in total. The van der Waals surface area contributed by atoms with Crippen LogP contribution < -0.4 is 4.74 Å². The van der Waals surface area contributed by atoms with Crippen LogP contribution in [0, 0.1) is 0 Å². The van der Waals surface area contributed by atoms with Gasteiger partial charge in [0, 0.05) is 32.2 Å². The number of amides is 1. The molecule has 2 fully saturated rings. The SMILES string of the molecule is COc1ccc(CC(=O)N2CCN(C3CC3)CC2)cc1. The molecule has 0 unspecified atom stereocenters. The number of carbonyl (C=O) groups is 1. The highest BCUT2D eigenvalue weighted by Gasteiger charge is 2.32. The van der Waals surface area contributed by atoms with Crippen molar-refractivity contribution >= 4 is 5.91 Å². The first-order valence-corrected chi connectivity index (χ1v) is 7.41. The lowest BCUT2D eigenvalue weighted by Crippen LogP contribution is -2.49. The molecule has 0 spiro atoms. The maximum absolute atomic E-state index is 12.3. The Labute approximate surface area is 120 Å². The molecule has 4 heteroatoms. The number of piperazine rings is 1. The molecule has 1 amide bonds. The van der Waals surface area contributed by atoms with Crippen LogP contribution in [0.4, 0.5) is 0 Å². The first kappa shape index (κ1) is 13.4. The largest absolute Gasteiger partial charge is 0.497 e. The Balaban J connectivity index is 1.51. The molecular weight excluding hydrogens is 252 g/mol. The third-order valence-corrected chi connectivity index (χ3v) is 4.24. The van der Waals surface area contributed by atoms with E-state index in [1.807, 2.05) is 29.2 Å². The van der Waals surface area contributed by atoms with Crippen LogP contribution >= 0.6 is 0 Å². The molecule has 0 radical (unpaired) electrons. The summed E-state index contributed by atoms with van der Waals surface area (Å²) in [5.41, 5.74) is 1.06. The predicted molar refractivity (Wildman–Crippen MR) is 77.9 cm³/mol.